The monoisotopic (exact) mass is 383 g/mol. The summed E-state index contributed by atoms with van der Waals surface area (Å²) in [5.74, 6) is 1.41. The maximum Gasteiger partial charge on any atom is 0.258 e. The molecule has 130 valence electrons. The molecule has 0 aliphatic carbocycles. The molecule has 23 heavy (non-hydrogen) atoms. The van der Waals surface area contributed by atoms with Crippen LogP contribution >= 0.6 is 15.9 Å². The molecule has 0 aliphatic rings. The van der Waals surface area contributed by atoms with Gasteiger partial charge in [0.05, 0.1) is 4.47 Å². The van der Waals surface area contributed by atoms with Crippen LogP contribution in [0.2, 0.25) is 0 Å². The lowest BCUT2D eigenvalue weighted by Crippen LogP contribution is -2.44. The predicted octanol–water partition coefficient (Wildman–Crippen LogP) is 4.92. The molecule has 1 rings (SSSR count). The number of rotatable bonds is 6. The summed E-state index contributed by atoms with van der Waals surface area (Å²) in [5.41, 5.74) is 1.31. The fourth-order valence-corrected chi connectivity index (χ4v) is 3.05. The minimum Gasteiger partial charge on any atom is -0.483 e. The topological polar surface area (TPSA) is 38.3 Å². The van der Waals surface area contributed by atoms with E-state index in [0.717, 1.165) is 4.47 Å². The zero-order valence-electron chi connectivity index (χ0n) is 15.4. The van der Waals surface area contributed by atoms with Crippen molar-refractivity contribution in [3.05, 3.63) is 28.2 Å². The van der Waals surface area contributed by atoms with Gasteiger partial charge in [0, 0.05) is 6.04 Å². The summed E-state index contributed by atoms with van der Waals surface area (Å²) in [5, 5.41) is 3.06. The lowest BCUT2D eigenvalue weighted by atomic mass is 9.87. The Hall–Kier alpha value is -1.03. The van der Waals surface area contributed by atoms with Gasteiger partial charge in [0.1, 0.15) is 5.75 Å². The Morgan fingerprint density at radius 2 is 1.74 bits per heavy atom. The molecule has 1 aromatic rings. The molecule has 0 unspecified atom stereocenters. The summed E-state index contributed by atoms with van der Waals surface area (Å²) in [6.45, 7) is 15.0. The minimum absolute atomic E-state index is 0.0312. The Kier molecular flexibility index (Phi) is 7.12. The van der Waals surface area contributed by atoms with Crippen molar-refractivity contribution in [2.24, 2.45) is 11.8 Å². The molecule has 3 nitrogen and oxygen atoms in total. The Balaban J connectivity index is 2.66. The van der Waals surface area contributed by atoms with Gasteiger partial charge in [-0.05, 0) is 50.9 Å². The summed E-state index contributed by atoms with van der Waals surface area (Å²) < 4.78 is 6.54. The van der Waals surface area contributed by atoms with Crippen molar-refractivity contribution in [2.45, 2.75) is 59.9 Å². The fourth-order valence-electron chi connectivity index (χ4n) is 2.56. The smallest absolute Gasteiger partial charge is 0.258 e. The predicted molar refractivity (Wildman–Crippen MR) is 99.9 cm³/mol. The van der Waals surface area contributed by atoms with Crippen LogP contribution in [0.1, 0.15) is 54.0 Å². The third kappa shape index (κ3) is 6.17. The zero-order chi connectivity index (χ0) is 17.8. The van der Waals surface area contributed by atoms with E-state index < -0.39 is 0 Å². The third-order valence-electron chi connectivity index (χ3n) is 3.92. The van der Waals surface area contributed by atoms with Crippen LogP contribution in [0, 0.1) is 11.8 Å². The fraction of sp³-hybridized carbons (Fsp3) is 0.632. The second kappa shape index (κ2) is 8.18. The maximum atomic E-state index is 12.1. The number of hydrogen-bond donors (Lipinski definition) is 1. The first-order valence-corrected chi connectivity index (χ1v) is 9.04. The standard InChI is InChI=1S/C19H30BrNO2/c1-12(2)18(13(3)4)21-17(22)11-23-16-9-8-14(10-15(16)20)19(5,6)7/h8-10,12-13,18H,11H2,1-7H3,(H,21,22). The molecule has 0 spiro atoms. The second-order valence-electron chi connectivity index (χ2n) is 7.77. The summed E-state index contributed by atoms with van der Waals surface area (Å²) in [6, 6.07) is 6.18. The van der Waals surface area contributed by atoms with Crippen molar-refractivity contribution in [2.75, 3.05) is 6.61 Å². The summed E-state index contributed by atoms with van der Waals surface area (Å²) in [7, 11) is 0. The molecule has 0 heterocycles. The van der Waals surface area contributed by atoms with E-state index in [-0.39, 0.29) is 24.0 Å². The molecule has 4 heteroatoms. The quantitative estimate of drug-likeness (QED) is 0.756. The SMILES string of the molecule is CC(C)C(NC(=O)COc1ccc(C(C)(C)C)cc1Br)C(C)C. The highest BCUT2D eigenvalue weighted by atomic mass is 79.9. The first-order chi connectivity index (χ1) is 10.5. The number of amides is 1. The highest BCUT2D eigenvalue weighted by molar-refractivity contribution is 9.10. The van der Waals surface area contributed by atoms with E-state index in [4.69, 9.17) is 4.74 Å². The summed E-state index contributed by atoms with van der Waals surface area (Å²) >= 11 is 3.53. The number of carbonyl (C=O) groups excluding carboxylic acids is 1. The molecule has 1 N–H and O–H groups in total. The van der Waals surface area contributed by atoms with E-state index in [9.17, 15) is 4.79 Å². The highest BCUT2D eigenvalue weighted by Gasteiger charge is 2.20. The van der Waals surface area contributed by atoms with Gasteiger partial charge in [-0.2, -0.15) is 0 Å². The third-order valence-corrected chi connectivity index (χ3v) is 4.54. The first-order valence-electron chi connectivity index (χ1n) is 8.24. The molecule has 0 bridgehead atoms. The molecule has 0 saturated carbocycles. The molecular formula is C19H30BrNO2. The Morgan fingerprint density at radius 3 is 2.17 bits per heavy atom. The van der Waals surface area contributed by atoms with E-state index in [2.05, 4.69) is 75.8 Å². The largest absolute Gasteiger partial charge is 0.483 e. The van der Waals surface area contributed by atoms with E-state index >= 15 is 0 Å². The Bertz CT molecular complexity index is 525. The van der Waals surface area contributed by atoms with Gasteiger partial charge in [0.2, 0.25) is 0 Å². The molecule has 0 radical (unpaired) electrons. The van der Waals surface area contributed by atoms with Crippen LogP contribution < -0.4 is 10.1 Å². The first kappa shape index (κ1) is 20.0. The van der Waals surface area contributed by atoms with E-state index in [1.54, 1.807) is 0 Å². The Morgan fingerprint density at radius 1 is 1.17 bits per heavy atom. The lowest BCUT2D eigenvalue weighted by molar-refractivity contribution is -0.124. The number of nitrogens with one attached hydrogen (secondary N) is 1. The van der Waals surface area contributed by atoms with Crippen LogP contribution in [0.3, 0.4) is 0 Å². The molecule has 0 aromatic heterocycles. The van der Waals surface area contributed by atoms with Crippen molar-refractivity contribution in [3.63, 3.8) is 0 Å². The molecular weight excluding hydrogens is 354 g/mol. The van der Waals surface area contributed by atoms with E-state index in [0.29, 0.717) is 17.6 Å². The van der Waals surface area contributed by atoms with Gasteiger partial charge in [-0.1, -0.05) is 54.5 Å². The molecule has 0 saturated heterocycles. The van der Waals surface area contributed by atoms with Crippen molar-refractivity contribution in [3.8, 4) is 5.75 Å². The number of carbonyl (C=O) groups is 1. The number of ether oxygens (including phenoxy) is 1. The van der Waals surface area contributed by atoms with Gasteiger partial charge in [-0.15, -0.1) is 0 Å². The van der Waals surface area contributed by atoms with Gasteiger partial charge in [0.25, 0.3) is 5.91 Å². The average Bonchev–Trinajstić information content (AvgIpc) is 2.41. The van der Waals surface area contributed by atoms with Crippen molar-refractivity contribution >= 4 is 21.8 Å². The van der Waals surface area contributed by atoms with Crippen LogP contribution in [0.25, 0.3) is 0 Å². The Labute approximate surface area is 149 Å². The molecule has 0 fully saturated rings. The number of benzene rings is 1. The van der Waals surface area contributed by atoms with E-state index in [1.165, 1.54) is 5.56 Å². The van der Waals surface area contributed by atoms with Gasteiger partial charge >= 0.3 is 0 Å². The lowest BCUT2D eigenvalue weighted by Gasteiger charge is -2.26. The number of hydrogen-bond acceptors (Lipinski definition) is 2. The van der Waals surface area contributed by atoms with Gasteiger partial charge in [0.15, 0.2) is 6.61 Å². The molecule has 0 atom stereocenters. The van der Waals surface area contributed by atoms with Gasteiger partial charge in [-0.3, -0.25) is 4.79 Å². The molecule has 1 amide bonds. The molecule has 1 aromatic carbocycles. The number of halogens is 1. The minimum atomic E-state index is -0.0794. The molecule has 0 aliphatic heterocycles. The van der Waals surface area contributed by atoms with Crippen LogP contribution in [-0.2, 0) is 10.2 Å². The van der Waals surface area contributed by atoms with Gasteiger partial charge in [-0.25, -0.2) is 0 Å². The van der Waals surface area contributed by atoms with Crippen LogP contribution in [-0.4, -0.2) is 18.6 Å². The van der Waals surface area contributed by atoms with E-state index in [1.807, 2.05) is 12.1 Å². The summed E-state index contributed by atoms with van der Waals surface area (Å²) in [6.07, 6.45) is 0. The normalized spacial score (nSPS) is 12.1. The second-order valence-corrected chi connectivity index (χ2v) is 8.62. The van der Waals surface area contributed by atoms with Crippen LogP contribution in [0.4, 0.5) is 0 Å². The highest BCUT2D eigenvalue weighted by Crippen LogP contribution is 2.31. The van der Waals surface area contributed by atoms with Crippen LogP contribution in [0.15, 0.2) is 22.7 Å². The maximum absolute atomic E-state index is 12.1. The van der Waals surface area contributed by atoms with Crippen LogP contribution in [0.5, 0.6) is 5.75 Å². The zero-order valence-corrected chi connectivity index (χ0v) is 17.0. The van der Waals surface area contributed by atoms with Gasteiger partial charge < -0.3 is 10.1 Å². The average molecular weight is 384 g/mol. The van der Waals surface area contributed by atoms with Crippen molar-refractivity contribution in [1.29, 1.82) is 0 Å². The summed E-state index contributed by atoms with van der Waals surface area (Å²) in [4.78, 5) is 12.1. The van der Waals surface area contributed by atoms with Crippen molar-refractivity contribution in [1.82, 2.24) is 5.32 Å². The van der Waals surface area contributed by atoms with Crippen molar-refractivity contribution < 1.29 is 9.53 Å².